The number of hydrogen-bond donors (Lipinski definition) is 1. The second-order valence-corrected chi connectivity index (χ2v) is 3.80. The van der Waals surface area contributed by atoms with Crippen molar-refractivity contribution in [3.63, 3.8) is 0 Å². The van der Waals surface area contributed by atoms with Crippen molar-refractivity contribution in [1.29, 1.82) is 0 Å². The Balaban J connectivity index is 2.44. The summed E-state index contributed by atoms with van der Waals surface area (Å²) in [6, 6.07) is 0.381. The fourth-order valence-electron chi connectivity index (χ4n) is 1.50. The lowest BCUT2D eigenvalue weighted by atomic mass is 10.3. The Hall–Kier alpha value is -1.20. The quantitative estimate of drug-likeness (QED) is 0.769. The Kier molecular flexibility index (Phi) is 5.86. The number of nitrogens with zero attached hydrogens (tertiary/aromatic N) is 3. The lowest BCUT2D eigenvalue weighted by molar-refractivity contribution is 0.211. The molecule has 0 aliphatic rings. The molecule has 0 radical (unpaired) electrons. The number of ether oxygens (including phenoxy) is 1. The highest BCUT2D eigenvalue weighted by atomic mass is 16.5. The molecule has 1 rings (SSSR count). The maximum absolute atomic E-state index is 8.99. The van der Waals surface area contributed by atoms with Crippen LogP contribution in [-0.2, 0) is 6.61 Å². The topological polar surface area (TPSA) is 58.5 Å². The van der Waals surface area contributed by atoms with Crippen molar-refractivity contribution < 1.29 is 9.84 Å². The van der Waals surface area contributed by atoms with E-state index in [9.17, 15) is 0 Å². The lowest BCUT2D eigenvalue weighted by Crippen LogP contribution is -2.28. The summed E-state index contributed by atoms with van der Waals surface area (Å²) in [6.07, 6.45) is 1.61. The molecular formula is C12H21N3O2. The van der Waals surface area contributed by atoms with E-state index in [4.69, 9.17) is 9.84 Å². The first-order valence-electron chi connectivity index (χ1n) is 5.99. The third-order valence-electron chi connectivity index (χ3n) is 2.76. The molecule has 0 unspecified atom stereocenters. The number of rotatable bonds is 7. The maximum atomic E-state index is 8.99. The van der Waals surface area contributed by atoms with Crippen LogP contribution in [0.15, 0.2) is 6.20 Å². The normalized spacial score (nSPS) is 10.9. The average Bonchev–Trinajstić information content (AvgIpc) is 2.35. The SMILES string of the molecule is CCN(CC)CCOc1ncc(CO)c(C)n1. The van der Waals surface area contributed by atoms with Crippen LogP contribution in [-0.4, -0.2) is 46.2 Å². The van der Waals surface area contributed by atoms with Crippen molar-refractivity contribution in [3.8, 4) is 6.01 Å². The van der Waals surface area contributed by atoms with Crippen molar-refractivity contribution in [2.24, 2.45) is 0 Å². The lowest BCUT2D eigenvalue weighted by Gasteiger charge is -2.17. The van der Waals surface area contributed by atoms with Crippen LogP contribution < -0.4 is 4.74 Å². The second kappa shape index (κ2) is 7.19. The Bertz CT molecular complexity index is 341. The fraction of sp³-hybridized carbons (Fsp3) is 0.667. The first-order chi connectivity index (χ1) is 8.21. The molecule has 5 nitrogen and oxygen atoms in total. The summed E-state index contributed by atoms with van der Waals surface area (Å²) in [5.41, 5.74) is 1.50. The highest BCUT2D eigenvalue weighted by molar-refractivity contribution is 5.16. The number of aromatic nitrogens is 2. The van der Waals surface area contributed by atoms with Crippen molar-refractivity contribution in [1.82, 2.24) is 14.9 Å². The summed E-state index contributed by atoms with van der Waals surface area (Å²) in [7, 11) is 0. The molecule has 0 aliphatic carbocycles. The third kappa shape index (κ3) is 4.28. The predicted octanol–water partition coefficient (Wildman–Crippen LogP) is 0.998. The summed E-state index contributed by atoms with van der Waals surface area (Å²) < 4.78 is 5.47. The van der Waals surface area contributed by atoms with E-state index < -0.39 is 0 Å². The summed E-state index contributed by atoms with van der Waals surface area (Å²) in [5, 5.41) is 8.99. The van der Waals surface area contributed by atoms with E-state index in [-0.39, 0.29) is 6.61 Å². The van der Waals surface area contributed by atoms with Crippen LogP contribution in [0.3, 0.4) is 0 Å². The van der Waals surface area contributed by atoms with Crippen LogP contribution in [0.25, 0.3) is 0 Å². The van der Waals surface area contributed by atoms with Gasteiger partial charge in [-0.1, -0.05) is 13.8 Å². The number of aliphatic hydroxyl groups excluding tert-OH is 1. The molecule has 0 atom stereocenters. The molecule has 5 heteroatoms. The van der Waals surface area contributed by atoms with Crippen molar-refractivity contribution in [2.75, 3.05) is 26.2 Å². The fourth-order valence-corrected chi connectivity index (χ4v) is 1.50. The molecule has 0 bridgehead atoms. The number of hydrogen-bond acceptors (Lipinski definition) is 5. The molecule has 0 spiro atoms. The van der Waals surface area contributed by atoms with E-state index >= 15 is 0 Å². The van der Waals surface area contributed by atoms with E-state index in [1.807, 2.05) is 6.92 Å². The molecule has 0 aliphatic heterocycles. The van der Waals surface area contributed by atoms with Gasteiger partial charge < -0.3 is 14.7 Å². The van der Waals surface area contributed by atoms with Crippen molar-refractivity contribution >= 4 is 0 Å². The molecule has 17 heavy (non-hydrogen) atoms. The molecule has 96 valence electrons. The molecule has 0 amide bonds. The summed E-state index contributed by atoms with van der Waals surface area (Å²) in [5.74, 6) is 0. The van der Waals surface area contributed by atoms with E-state index in [0.29, 0.717) is 12.6 Å². The Morgan fingerprint density at radius 3 is 2.59 bits per heavy atom. The van der Waals surface area contributed by atoms with E-state index in [2.05, 4.69) is 28.7 Å². The monoisotopic (exact) mass is 239 g/mol. The zero-order valence-corrected chi connectivity index (χ0v) is 10.8. The molecule has 0 fully saturated rings. The van der Waals surface area contributed by atoms with Gasteiger partial charge in [0.25, 0.3) is 0 Å². The summed E-state index contributed by atoms with van der Waals surface area (Å²) >= 11 is 0. The number of aryl methyl sites for hydroxylation is 1. The molecule has 1 aromatic heterocycles. The molecule has 1 N–H and O–H groups in total. The average molecular weight is 239 g/mol. The Morgan fingerprint density at radius 2 is 2.06 bits per heavy atom. The van der Waals surface area contributed by atoms with Gasteiger partial charge in [0.1, 0.15) is 6.61 Å². The first-order valence-corrected chi connectivity index (χ1v) is 5.99. The van der Waals surface area contributed by atoms with Crippen LogP contribution in [0.2, 0.25) is 0 Å². The van der Waals surface area contributed by atoms with Crippen LogP contribution in [0, 0.1) is 6.92 Å². The summed E-state index contributed by atoms with van der Waals surface area (Å²) in [6.45, 7) is 9.54. The van der Waals surface area contributed by atoms with Crippen molar-refractivity contribution in [3.05, 3.63) is 17.5 Å². The largest absolute Gasteiger partial charge is 0.462 e. The van der Waals surface area contributed by atoms with Gasteiger partial charge in [-0.25, -0.2) is 9.97 Å². The smallest absolute Gasteiger partial charge is 0.316 e. The molecule has 0 saturated carbocycles. The van der Waals surface area contributed by atoms with Gasteiger partial charge in [0.05, 0.1) is 12.3 Å². The van der Waals surface area contributed by atoms with Crippen molar-refractivity contribution in [2.45, 2.75) is 27.4 Å². The van der Waals surface area contributed by atoms with Crippen LogP contribution in [0.1, 0.15) is 25.1 Å². The van der Waals surface area contributed by atoms with Gasteiger partial charge in [-0.05, 0) is 20.0 Å². The zero-order chi connectivity index (χ0) is 12.7. The summed E-state index contributed by atoms with van der Waals surface area (Å²) in [4.78, 5) is 10.5. The molecule has 0 saturated heterocycles. The molecule has 0 aromatic carbocycles. The molecule has 1 aromatic rings. The van der Waals surface area contributed by atoms with Gasteiger partial charge in [0.15, 0.2) is 0 Å². The minimum Gasteiger partial charge on any atom is -0.462 e. The highest BCUT2D eigenvalue weighted by Crippen LogP contribution is 2.08. The third-order valence-corrected chi connectivity index (χ3v) is 2.76. The van der Waals surface area contributed by atoms with Gasteiger partial charge >= 0.3 is 6.01 Å². The van der Waals surface area contributed by atoms with E-state index in [1.165, 1.54) is 0 Å². The van der Waals surface area contributed by atoms with Crippen LogP contribution in [0.4, 0.5) is 0 Å². The Morgan fingerprint density at radius 1 is 1.35 bits per heavy atom. The number of likely N-dealkylation sites (N-methyl/N-ethyl adjacent to an activating group) is 1. The maximum Gasteiger partial charge on any atom is 0.316 e. The van der Waals surface area contributed by atoms with Crippen LogP contribution >= 0.6 is 0 Å². The second-order valence-electron chi connectivity index (χ2n) is 3.80. The minimum atomic E-state index is -0.0362. The Labute approximate surface area is 102 Å². The highest BCUT2D eigenvalue weighted by Gasteiger charge is 2.04. The van der Waals surface area contributed by atoms with E-state index in [1.54, 1.807) is 6.20 Å². The predicted molar refractivity (Wildman–Crippen MR) is 66.0 cm³/mol. The standard InChI is InChI=1S/C12H21N3O2/c1-4-15(5-2)6-7-17-12-13-8-11(9-16)10(3)14-12/h8,16H,4-7,9H2,1-3H3. The molecule has 1 heterocycles. The molecular weight excluding hydrogens is 218 g/mol. The first kappa shape index (κ1) is 13.9. The van der Waals surface area contributed by atoms with Gasteiger partial charge in [0.2, 0.25) is 0 Å². The van der Waals surface area contributed by atoms with E-state index in [0.717, 1.165) is 30.9 Å². The van der Waals surface area contributed by atoms with Gasteiger partial charge in [0, 0.05) is 18.3 Å². The van der Waals surface area contributed by atoms with Crippen LogP contribution in [0.5, 0.6) is 6.01 Å². The van der Waals surface area contributed by atoms with Gasteiger partial charge in [-0.15, -0.1) is 0 Å². The minimum absolute atomic E-state index is 0.0362. The number of aliphatic hydroxyl groups is 1. The van der Waals surface area contributed by atoms with Gasteiger partial charge in [-0.3, -0.25) is 0 Å². The zero-order valence-electron chi connectivity index (χ0n) is 10.8. The van der Waals surface area contributed by atoms with Gasteiger partial charge in [-0.2, -0.15) is 0 Å².